The van der Waals surface area contributed by atoms with E-state index in [2.05, 4.69) is 0 Å². The average Bonchev–Trinajstić information content (AvgIpc) is 2.21. The van der Waals surface area contributed by atoms with E-state index in [1.165, 1.54) is 27.7 Å². The maximum Gasteiger partial charge on any atom is 0.144 e. The van der Waals surface area contributed by atoms with E-state index in [1.807, 2.05) is 6.92 Å². The van der Waals surface area contributed by atoms with Crippen LogP contribution < -0.4 is 0 Å². The molecule has 0 aliphatic rings. The molecule has 0 N–H and O–H groups in total. The zero-order chi connectivity index (χ0) is 14.5. The molecule has 0 aliphatic carbocycles. The number of ketones is 4. The second kappa shape index (κ2) is 6.57. The highest BCUT2D eigenvalue weighted by molar-refractivity contribution is 6.15. The van der Waals surface area contributed by atoms with Crippen LogP contribution >= 0.6 is 0 Å². The normalized spacial score (nSPS) is 11.4. The highest BCUT2D eigenvalue weighted by Gasteiger charge is 2.51. The minimum atomic E-state index is -1.46. The van der Waals surface area contributed by atoms with Crippen molar-refractivity contribution in [3.63, 3.8) is 0 Å². The second-order valence-corrected chi connectivity index (χ2v) is 4.84. The Labute approximate surface area is 108 Å². The van der Waals surface area contributed by atoms with Crippen molar-refractivity contribution in [2.24, 2.45) is 11.3 Å². The van der Waals surface area contributed by atoms with Gasteiger partial charge in [0.2, 0.25) is 0 Å². The monoisotopic (exact) mass is 254 g/mol. The molecule has 0 radical (unpaired) electrons. The molecule has 0 saturated carbocycles. The van der Waals surface area contributed by atoms with Crippen LogP contribution in [0.4, 0.5) is 0 Å². The summed E-state index contributed by atoms with van der Waals surface area (Å²) in [4.78, 5) is 47.2. The third-order valence-electron chi connectivity index (χ3n) is 3.49. The molecule has 0 heterocycles. The van der Waals surface area contributed by atoms with Gasteiger partial charge >= 0.3 is 0 Å². The second-order valence-electron chi connectivity index (χ2n) is 4.84. The Kier molecular flexibility index (Phi) is 6.09. The summed E-state index contributed by atoms with van der Waals surface area (Å²) in [7, 11) is 0. The van der Waals surface area contributed by atoms with Gasteiger partial charge in [0, 0.05) is 0 Å². The number of carbonyl (C=O) groups is 4. The van der Waals surface area contributed by atoms with Crippen molar-refractivity contribution in [2.75, 3.05) is 0 Å². The lowest BCUT2D eigenvalue weighted by atomic mass is 9.64. The molecule has 0 amide bonds. The molecule has 0 atom stereocenters. The average molecular weight is 254 g/mol. The SMILES string of the molecule is CCCCC(C(C)=O)(C(C)=O)C(C(C)=O)C(C)=O. The van der Waals surface area contributed by atoms with Crippen molar-refractivity contribution >= 4 is 23.1 Å². The van der Waals surface area contributed by atoms with E-state index in [0.29, 0.717) is 6.42 Å². The molecule has 18 heavy (non-hydrogen) atoms. The van der Waals surface area contributed by atoms with E-state index >= 15 is 0 Å². The van der Waals surface area contributed by atoms with E-state index < -0.39 is 22.9 Å². The van der Waals surface area contributed by atoms with Crippen LogP contribution in [0.15, 0.2) is 0 Å². The molecule has 0 aromatic carbocycles. The van der Waals surface area contributed by atoms with Crippen LogP contribution in [0.2, 0.25) is 0 Å². The van der Waals surface area contributed by atoms with Gasteiger partial charge in [0.1, 0.15) is 28.5 Å². The van der Waals surface area contributed by atoms with Gasteiger partial charge in [-0.1, -0.05) is 19.8 Å². The maximum absolute atomic E-state index is 11.9. The Bertz CT molecular complexity index is 340. The fourth-order valence-electron chi connectivity index (χ4n) is 2.59. The molecule has 0 aromatic heterocycles. The Balaban J connectivity index is 5.80. The topological polar surface area (TPSA) is 68.3 Å². The molecule has 0 saturated heterocycles. The van der Waals surface area contributed by atoms with Gasteiger partial charge in [0.05, 0.1) is 5.92 Å². The van der Waals surface area contributed by atoms with Crippen molar-refractivity contribution < 1.29 is 19.2 Å². The van der Waals surface area contributed by atoms with Gasteiger partial charge in [-0.3, -0.25) is 19.2 Å². The zero-order valence-electron chi connectivity index (χ0n) is 11.8. The molecule has 0 aliphatic heterocycles. The van der Waals surface area contributed by atoms with Crippen molar-refractivity contribution in [1.82, 2.24) is 0 Å². The van der Waals surface area contributed by atoms with E-state index in [-0.39, 0.29) is 18.0 Å². The molecule has 0 unspecified atom stereocenters. The van der Waals surface area contributed by atoms with Crippen LogP contribution in [0.1, 0.15) is 53.9 Å². The molecule has 102 valence electrons. The summed E-state index contributed by atoms with van der Waals surface area (Å²) in [5.41, 5.74) is -1.46. The quantitative estimate of drug-likeness (QED) is 0.622. The minimum absolute atomic E-state index is 0.262. The smallest absolute Gasteiger partial charge is 0.144 e. The summed E-state index contributed by atoms with van der Waals surface area (Å²) in [6, 6.07) is 0. The Morgan fingerprint density at radius 3 is 1.50 bits per heavy atom. The van der Waals surface area contributed by atoms with Gasteiger partial charge in [-0.05, 0) is 34.1 Å². The lowest BCUT2D eigenvalue weighted by Crippen LogP contribution is -2.49. The molecule has 0 bridgehead atoms. The van der Waals surface area contributed by atoms with Crippen LogP contribution in [0, 0.1) is 11.3 Å². The fourth-order valence-corrected chi connectivity index (χ4v) is 2.59. The fraction of sp³-hybridized carbons (Fsp3) is 0.714. The summed E-state index contributed by atoms with van der Waals surface area (Å²) in [6.07, 6.45) is 1.69. The number of Topliss-reactive ketones (excluding diaryl/α,β-unsaturated/α-hetero) is 4. The first kappa shape index (κ1) is 16.7. The van der Waals surface area contributed by atoms with Gasteiger partial charge in [0.25, 0.3) is 0 Å². The predicted molar refractivity (Wildman–Crippen MR) is 68.2 cm³/mol. The van der Waals surface area contributed by atoms with Crippen molar-refractivity contribution in [3.8, 4) is 0 Å². The maximum atomic E-state index is 11.9. The van der Waals surface area contributed by atoms with Crippen molar-refractivity contribution in [3.05, 3.63) is 0 Å². The van der Waals surface area contributed by atoms with E-state index in [0.717, 1.165) is 6.42 Å². The summed E-state index contributed by atoms with van der Waals surface area (Å²) in [6.45, 7) is 7.03. The Morgan fingerprint density at radius 1 is 0.889 bits per heavy atom. The van der Waals surface area contributed by atoms with Gasteiger partial charge in [0.15, 0.2) is 0 Å². The van der Waals surface area contributed by atoms with Crippen LogP contribution in [-0.4, -0.2) is 23.1 Å². The highest BCUT2D eigenvalue weighted by Crippen LogP contribution is 2.37. The van der Waals surface area contributed by atoms with Crippen LogP contribution in [-0.2, 0) is 19.2 Å². The Morgan fingerprint density at radius 2 is 1.28 bits per heavy atom. The molecule has 4 heteroatoms. The zero-order valence-corrected chi connectivity index (χ0v) is 11.8. The van der Waals surface area contributed by atoms with Gasteiger partial charge < -0.3 is 0 Å². The van der Waals surface area contributed by atoms with E-state index in [9.17, 15) is 19.2 Å². The third-order valence-corrected chi connectivity index (χ3v) is 3.49. The molecule has 4 nitrogen and oxygen atoms in total. The molecule has 0 spiro atoms. The minimum Gasteiger partial charge on any atom is -0.299 e. The number of hydrogen-bond donors (Lipinski definition) is 0. The van der Waals surface area contributed by atoms with Gasteiger partial charge in [-0.2, -0.15) is 0 Å². The van der Waals surface area contributed by atoms with Gasteiger partial charge in [-0.15, -0.1) is 0 Å². The standard InChI is InChI=1S/C14H22O4/c1-6-7-8-14(11(4)17,12(5)18)13(9(2)15)10(3)16/h13H,6-8H2,1-5H3. The number of hydrogen-bond acceptors (Lipinski definition) is 4. The van der Waals surface area contributed by atoms with E-state index in [4.69, 9.17) is 0 Å². The predicted octanol–water partition coefficient (Wildman–Crippen LogP) is 2.14. The van der Waals surface area contributed by atoms with Crippen LogP contribution in [0.5, 0.6) is 0 Å². The molecule has 0 aromatic rings. The number of rotatable bonds is 8. The lowest BCUT2D eigenvalue weighted by Gasteiger charge is -2.34. The molecular weight excluding hydrogens is 232 g/mol. The summed E-state index contributed by atoms with van der Waals surface area (Å²) >= 11 is 0. The summed E-state index contributed by atoms with van der Waals surface area (Å²) < 4.78 is 0. The largest absolute Gasteiger partial charge is 0.299 e. The highest BCUT2D eigenvalue weighted by atomic mass is 16.2. The summed E-state index contributed by atoms with van der Waals surface area (Å²) in [5, 5.41) is 0. The van der Waals surface area contributed by atoms with E-state index in [1.54, 1.807) is 0 Å². The first-order valence-electron chi connectivity index (χ1n) is 6.24. The lowest BCUT2D eigenvalue weighted by molar-refractivity contribution is -0.153. The molecule has 0 rings (SSSR count). The summed E-state index contributed by atoms with van der Waals surface area (Å²) in [5.74, 6) is -2.75. The first-order chi connectivity index (χ1) is 8.21. The van der Waals surface area contributed by atoms with Crippen molar-refractivity contribution in [2.45, 2.75) is 53.9 Å². The number of unbranched alkanes of at least 4 members (excludes halogenated alkanes) is 1. The van der Waals surface area contributed by atoms with Gasteiger partial charge in [-0.25, -0.2) is 0 Å². The number of carbonyl (C=O) groups excluding carboxylic acids is 4. The molecule has 0 fully saturated rings. The first-order valence-corrected chi connectivity index (χ1v) is 6.24. The third kappa shape index (κ3) is 3.12. The molecular formula is C14H22O4. The van der Waals surface area contributed by atoms with Crippen molar-refractivity contribution in [1.29, 1.82) is 0 Å². The van der Waals surface area contributed by atoms with Crippen LogP contribution in [0.3, 0.4) is 0 Å². The Hall–Kier alpha value is -1.32. The van der Waals surface area contributed by atoms with Crippen LogP contribution in [0.25, 0.3) is 0 Å².